The predicted molar refractivity (Wildman–Crippen MR) is 77.0 cm³/mol. The zero-order valence-corrected chi connectivity index (χ0v) is 11.9. The maximum Gasteiger partial charge on any atom is 0.269 e. The van der Waals surface area contributed by atoms with Crippen LogP contribution in [0.2, 0.25) is 0 Å². The summed E-state index contributed by atoms with van der Waals surface area (Å²) in [5, 5.41) is 10.6. The van der Waals surface area contributed by atoms with Gasteiger partial charge in [0.05, 0.1) is 18.0 Å². The maximum atomic E-state index is 12.1. The number of likely N-dealkylation sites (N-methyl/N-ethyl adjacent to an activating group) is 1. The van der Waals surface area contributed by atoms with Gasteiger partial charge in [-0.1, -0.05) is 0 Å². The maximum absolute atomic E-state index is 12.1. The first-order chi connectivity index (χ1) is 9.97. The lowest BCUT2D eigenvalue weighted by Gasteiger charge is -2.15. The summed E-state index contributed by atoms with van der Waals surface area (Å²) in [5.41, 5.74) is 0.445. The van der Waals surface area contributed by atoms with Crippen molar-refractivity contribution in [3.05, 3.63) is 58.2 Å². The molecular weight excluding hydrogens is 272 g/mol. The molecule has 0 atom stereocenters. The Labute approximate surface area is 122 Å². The Kier molecular flexibility index (Phi) is 4.44. The van der Waals surface area contributed by atoms with Crippen LogP contribution in [0.1, 0.15) is 16.2 Å². The minimum absolute atomic E-state index is 0.0204. The lowest BCUT2D eigenvalue weighted by molar-refractivity contribution is -0.384. The normalized spacial score (nSPS) is 10.8. The average Bonchev–Trinajstić information content (AvgIpc) is 2.84. The Balaban J connectivity index is 1.97. The van der Waals surface area contributed by atoms with E-state index in [4.69, 9.17) is 0 Å². The number of hydrogen-bond acceptors (Lipinski definition) is 5. The zero-order valence-electron chi connectivity index (χ0n) is 11.9. The number of hydrogen-bond donors (Lipinski definition) is 0. The summed E-state index contributed by atoms with van der Waals surface area (Å²) in [6, 6.07) is 5.64. The molecule has 0 amide bonds. The molecule has 2 aromatic rings. The van der Waals surface area contributed by atoms with Gasteiger partial charge in [-0.3, -0.25) is 19.8 Å². The van der Waals surface area contributed by atoms with Crippen molar-refractivity contribution >= 4 is 11.5 Å². The molecule has 0 aliphatic carbocycles. The lowest BCUT2D eigenvalue weighted by atomic mass is 10.1. The van der Waals surface area contributed by atoms with E-state index in [1.54, 1.807) is 6.20 Å². The van der Waals surface area contributed by atoms with Gasteiger partial charge in [-0.25, -0.2) is 4.98 Å². The lowest BCUT2D eigenvalue weighted by Crippen LogP contribution is -2.26. The number of carbonyl (C=O) groups excluding carboxylic acids is 1. The second-order valence-corrected chi connectivity index (χ2v) is 4.85. The predicted octanol–water partition coefficient (Wildman–Crippen LogP) is 1.64. The van der Waals surface area contributed by atoms with E-state index in [1.807, 2.05) is 29.8 Å². The number of benzene rings is 1. The molecule has 21 heavy (non-hydrogen) atoms. The molecule has 7 heteroatoms. The molecular formula is C14H16N4O3. The molecule has 1 aromatic carbocycles. The third-order valence-corrected chi connectivity index (χ3v) is 3.15. The van der Waals surface area contributed by atoms with Crippen LogP contribution in [0.4, 0.5) is 5.69 Å². The van der Waals surface area contributed by atoms with Crippen LogP contribution >= 0.6 is 0 Å². The third-order valence-electron chi connectivity index (χ3n) is 3.15. The number of aromatic nitrogens is 2. The number of ketones is 1. The Bertz CT molecular complexity index is 648. The molecule has 0 saturated carbocycles. The minimum Gasteiger partial charge on any atom is -0.337 e. The van der Waals surface area contributed by atoms with Crippen molar-refractivity contribution in [1.82, 2.24) is 14.5 Å². The summed E-state index contributed by atoms with van der Waals surface area (Å²) >= 11 is 0. The fraction of sp³-hybridized carbons (Fsp3) is 0.286. The third kappa shape index (κ3) is 3.73. The monoisotopic (exact) mass is 288 g/mol. The molecule has 0 aliphatic heterocycles. The van der Waals surface area contributed by atoms with E-state index >= 15 is 0 Å². The molecule has 0 unspecified atom stereocenters. The van der Waals surface area contributed by atoms with Crippen LogP contribution in [-0.2, 0) is 13.6 Å². The van der Waals surface area contributed by atoms with E-state index in [-0.39, 0.29) is 18.0 Å². The molecule has 0 bridgehead atoms. The van der Waals surface area contributed by atoms with E-state index < -0.39 is 4.92 Å². The van der Waals surface area contributed by atoms with E-state index in [1.165, 1.54) is 24.3 Å². The van der Waals surface area contributed by atoms with Gasteiger partial charge in [0.1, 0.15) is 5.82 Å². The quantitative estimate of drug-likeness (QED) is 0.458. The van der Waals surface area contributed by atoms with E-state index in [2.05, 4.69) is 4.98 Å². The largest absolute Gasteiger partial charge is 0.337 e. The van der Waals surface area contributed by atoms with Crippen molar-refractivity contribution in [2.45, 2.75) is 6.54 Å². The highest BCUT2D eigenvalue weighted by Gasteiger charge is 2.13. The number of rotatable bonds is 6. The first-order valence-electron chi connectivity index (χ1n) is 6.40. The summed E-state index contributed by atoms with van der Waals surface area (Å²) in [5.74, 6) is 0.788. The van der Waals surface area contributed by atoms with Crippen LogP contribution in [-0.4, -0.2) is 38.7 Å². The van der Waals surface area contributed by atoms with Gasteiger partial charge in [-0.15, -0.1) is 0 Å². The van der Waals surface area contributed by atoms with Crippen molar-refractivity contribution in [1.29, 1.82) is 0 Å². The van der Waals surface area contributed by atoms with Gasteiger partial charge >= 0.3 is 0 Å². The van der Waals surface area contributed by atoms with E-state index in [9.17, 15) is 14.9 Å². The second kappa shape index (κ2) is 6.27. The summed E-state index contributed by atoms with van der Waals surface area (Å²) in [6.45, 7) is 0.785. The average molecular weight is 288 g/mol. The number of nitro benzene ring substituents is 1. The first-order valence-corrected chi connectivity index (χ1v) is 6.40. The van der Waals surface area contributed by atoms with Crippen molar-refractivity contribution in [2.24, 2.45) is 7.05 Å². The Morgan fingerprint density at radius 3 is 2.57 bits per heavy atom. The van der Waals surface area contributed by atoms with Gasteiger partial charge in [0.15, 0.2) is 5.78 Å². The van der Waals surface area contributed by atoms with Gasteiger partial charge in [-0.2, -0.15) is 0 Å². The number of nitrogens with zero attached hydrogens (tertiary/aromatic N) is 4. The Morgan fingerprint density at radius 2 is 2.05 bits per heavy atom. The first kappa shape index (κ1) is 14.9. The van der Waals surface area contributed by atoms with Crippen LogP contribution in [0.15, 0.2) is 36.7 Å². The fourth-order valence-corrected chi connectivity index (χ4v) is 1.95. The van der Waals surface area contributed by atoms with Crippen LogP contribution in [0.3, 0.4) is 0 Å². The zero-order chi connectivity index (χ0) is 15.4. The van der Waals surface area contributed by atoms with Crippen LogP contribution in [0, 0.1) is 10.1 Å². The smallest absolute Gasteiger partial charge is 0.269 e. The molecule has 7 nitrogen and oxygen atoms in total. The number of Topliss-reactive ketones (excluding diaryl/α,β-unsaturated/α-hetero) is 1. The molecule has 1 aromatic heterocycles. The minimum atomic E-state index is -0.485. The van der Waals surface area contributed by atoms with Crippen LogP contribution in [0.25, 0.3) is 0 Å². The highest BCUT2D eigenvalue weighted by Crippen LogP contribution is 2.12. The van der Waals surface area contributed by atoms with Crippen molar-refractivity contribution in [2.75, 3.05) is 13.6 Å². The second-order valence-electron chi connectivity index (χ2n) is 4.85. The number of non-ortho nitro benzene ring substituents is 1. The van der Waals surface area contributed by atoms with Gasteiger partial charge in [0, 0.05) is 37.1 Å². The van der Waals surface area contributed by atoms with Gasteiger partial charge in [-0.05, 0) is 19.2 Å². The van der Waals surface area contributed by atoms with Crippen molar-refractivity contribution in [3.63, 3.8) is 0 Å². The fourth-order valence-electron chi connectivity index (χ4n) is 1.95. The van der Waals surface area contributed by atoms with Gasteiger partial charge in [0.2, 0.25) is 0 Å². The topological polar surface area (TPSA) is 81.3 Å². The summed E-state index contributed by atoms with van der Waals surface area (Å²) in [4.78, 5) is 28.3. The number of carbonyl (C=O) groups is 1. The highest BCUT2D eigenvalue weighted by molar-refractivity contribution is 5.97. The number of nitro groups is 1. The summed E-state index contributed by atoms with van der Waals surface area (Å²) < 4.78 is 1.90. The molecule has 1 heterocycles. The highest BCUT2D eigenvalue weighted by atomic mass is 16.6. The SMILES string of the molecule is CN(CC(=O)c1ccc([N+](=O)[O-])cc1)Cc1nccn1C. The van der Waals surface area contributed by atoms with Gasteiger partial charge < -0.3 is 4.57 Å². The molecule has 0 saturated heterocycles. The number of imidazole rings is 1. The molecule has 110 valence electrons. The molecule has 0 aliphatic rings. The van der Waals surface area contributed by atoms with Gasteiger partial charge in [0.25, 0.3) is 5.69 Å². The molecule has 0 N–H and O–H groups in total. The molecule has 2 rings (SSSR count). The standard InChI is InChI=1S/C14H16N4O3/c1-16(10-14-15-7-8-17(14)2)9-13(19)11-3-5-12(6-4-11)18(20)21/h3-8H,9-10H2,1-2H3. The van der Waals surface area contributed by atoms with E-state index in [0.29, 0.717) is 12.1 Å². The van der Waals surface area contributed by atoms with Crippen LogP contribution < -0.4 is 0 Å². The number of aryl methyl sites for hydroxylation is 1. The molecule has 0 radical (unpaired) electrons. The summed E-state index contributed by atoms with van der Waals surface area (Å²) in [7, 11) is 3.73. The Morgan fingerprint density at radius 1 is 1.38 bits per heavy atom. The van der Waals surface area contributed by atoms with Crippen molar-refractivity contribution < 1.29 is 9.72 Å². The van der Waals surface area contributed by atoms with Crippen molar-refractivity contribution in [3.8, 4) is 0 Å². The molecule has 0 spiro atoms. The summed E-state index contributed by atoms with van der Waals surface area (Å²) in [6.07, 6.45) is 3.56. The molecule has 0 fully saturated rings. The van der Waals surface area contributed by atoms with Crippen LogP contribution in [0.5, 0.6) is 0 Å². The van der Waals surface area contributed by atoms with E-state index in [0.717, 1.165) is 5.82 Å². The Hall–Kier alpha value is -2.54.